The van der Waals surface area contributed by atoms with Crippen molar-refractivity contribution < 1.29 is 9.47 Å². The second-order valence-electron chi connectivity index (χ2n) is 5.02. The molecule has 0 amide bonds. The van der Waals surface area contributed by atoms with Crippen molar-refractivity contribution in [3.05, 3.63) is 23.8 Å². The van der Waals surface area contributed by atoms with Crippen molar-refractivity contribution >= 4 is 5.69 Å². The zero-order valence-electron chi connectivity index (χ0n) is 11.9. The van der Waals surface area contributed by atoms with Crippen molar-refractivity contribution in [1.29, 1.82) is 0 Å². The number of nitrogens with two attached hydrogens (primary N) is 1. The molecule has 0 aromatic heterocycles. The monoisotopic (exact) mass is 264 g/mol. The van der Waals surface area contributed by atoms with Crippen LogP contribution in [-0.2, 0) is 11.3 Å². The van der Waals surface area contributed by atoms with E-state index in [1.807, 2.05) is 12.1 Å². The van der Waals surface area contributed by atoms with Crippen molar-refractivity contribution in [2.24, 2.45) is 0 Å². The Morgan fingerprint density at radius 2 is 2.26 bits per heavy atom. The number of hydrogen-bond acceptors (Lipinski definition) is 4. The lowest BCUT2D eigenvalue weighted by atomic mass is 10.1. The minimum atomic E-state index is 0.373. The summed E-state index contributed by atoms with van der Waals surface area (Å²) in [5, 5.41) is 0. The Kier molecular flexibility index (Phi) is 5.05. The highest BCUT2D eigenvalue weighted by molar-refractivity contribution is 5.51. The number of benzene rings is 1. The predicted molar refractivity (Wildman–Crippen MR) is 77.3 cm³/mol. The van der Waals surface area contributed by atoms with Crippen LogP contribution in [0.25, 0.3) is 0 Å². The zero-order chi connectivity index (χ0) is 13.7. The van der Waals surface area contributed by atoms with E-state index in [1.165, 1.54) is 12.8 Å². The molecule has 4 heteroatoms. The van der Waals surface area contributed by atoms with Gasteiger partial charge in [-0.15, -0.1) is 0 Å². The van der Waals surface area contributed by atoms with Gasteiger partial charge >= 0.3 is 0 Å². The molecule has 106 valence electrons. The number of rotatable bonds is 5. The van der Waals surface area contributed by atoms with Gasteiger partial charge < -0.3 is 15.2 Å². The van der Waals surface area contributed by atoms with Gasteiger partial charge in [-0.25, -0.2) is 0 Å². The third-order valence-electron chi connectivity index (χ3n) is 3.61. The Morgan fingerprint density at radius 3 is 2.95 bits per heavy atom. The number of likely N-dealkylation sites (tertiary alicyclic amines) is 1. The second kappa shape index (κ2) is 6.78. The zero-order valence-corrected chi connectivity index (χ0v) is 11.9. The van der Waals surface area contributed by atoms with Gasteiger partial charge in [0, 0.05) is 31.5 Å². The van der Waals surface area contributed by atoms with Crippen LogP contribution in [0.15, 0.2) is 18.2 Å². The fraction of sp³-hybridized carbons (Fsp3) is 0.600. The minimum absolute atomic E-state index is 0.373. The van der Waals surface area contributed by atoms with Gasteiger partial charge in [0.2, 0.25) is 0 Å². The van der Waals surface area contributed by atoms with E-state index in [0.717, 1.165) is 43.2 Å². The van der Waals surface area contributed by atoms with E-state index in [4.69, 9.17) is 15.2 Å². The van der Waals surface area contributed by atoms with Crippen LogP contribution in [0.4, 0.5) is 5.69 Å². The first-order valence-corrected chi connectivity index (χ1v) is 6.99. The molecule has 1 atom stereocenters. The Bertz CT molecular complexity index is 407. The van der Waals surface area contributed by atoms with Crippen LogP contribution in [0.3, 0.4) is 0 Å². The quantitative estimate of drug-likeness (QED) is 0.829. The first-order valence-electron chi connectivity index (χ1n) is 6.99. The van der Waals surface area contributed by atoms with E-state index >= 15 is 0 Å². The van der Waals surface area contributed by atoms with Crippen LogP contribution in [0.1, 0.15) is 25.3 Å². The maximum Gasteiger partial charge on any atom is 0.120 e. The summed E-state index contributed by atoms with van der Waals surface area (Å²) in [4.78, 5) is 2.42. The molecule has 1 aliphatic heterocycles. The van der Waals surface area contributed by atoms with E-state index in [0.29, 0.717) is 6.10 Å². The highest BCUT2D eigenvalue weighted by atomic mass is 16.5. The number of hydrogen-bond donors (Lipinski definition) is 1. The molecule has 1 fully saturated rings. The van der Waals surface area contributed by atoms with Gasteiger partial charge in [0.25, 0.3) is 0 Å². The lowest BCUT2D eigenvalue weighted by molar-refractivity contribution is 0.00368. The molecule has 2 N–H and O–H groups in total. The molecule has 0 bridgehead atoms. The summed E-state index contributed by atoms with van der Waals surface area (Å²) >= 11 is 0. The molecular weight excluding hydrogens is 240 g/mol. The normalized spacial score (nSPS) is 20.4. The van der Waals surface area contributed by atoms with Crippen molar-refractivity contribution in [3.63, 3.8) is 0 Å². The average Bonchev–Trinajstić information content (AvgIpc) is 2.42. The van der Waals surface area contributed by atoms with Gasteiger partial charge in [-0.1, -0.05) is 6.07 Å². The van der Waals surface area contributed by atoms with Crippen LogP contribution in [0, 0.1) is 0 Å². The Labute approximate surface area is 115 Å². The Balaban J connectivity index is 1.96. The van der Waals surface area contributed by atoms with Crippen molar-refractivity contribution in [2.45, 2.75) is 32.4 Å². The fourth-order valence-corrected chi connectivity index (χ4v) is 2.61. The van der Waals surface area contributed by atoms with Gasteiger partial charge in [-0.05, 0) is 37.9 Å². The minimum Gasteiger partial charge on any atom is -0.497 e. The van der Waals surface area contributed by atoms with Crippen molar-refractivity contribution in [3.8, 4) is 5.75 Å². The van der Waals surface area contributed by atoms with Crippen LogP contribution < -0.4 is 10.5 Å². The summed E-state index contributed by atoms with van der Waals surface area (Å²) in [5.41, 5.74) is 8.04. The smallest absolute Gasteiger partial charge is 0.120 e. The number of nitrogens with zero attached hydrogens (tertiary/aromatic N) is 1. The summed E-state index contributed by atoms with van der Waals surface area (Å²) < 4.78 is 10.9. The molecule has 1 aromatic carbocycles. The molecule has 1 aromatic rings. The lowest BCUT2D eigenvalue weighted by Gasteiger charge is -2.32. The third-order valence-corrected chi connectivity index (χ3v) is 3.61. The van der Waals surface area contributed by atoms with Crippen LogP contribution in [0.2, 0.25) is 0 Å². The molecular formula is C15H24N2O2. The maximum atomic E-state index is 6.07. The molecule has 0 aliphatic carbocycles. The topological polar surface area (TPSA) is 47.7 Å². The number of ether oxygens (including phenoxy) is 2. The summed E-state index contributed by atoms with van der Waals surface area (Å²) in [7, 11) is 1.66. The van der Waals surface area contributed by atoms with Gasteiger partial charge in [0.05, 0.1) is 13.2 Å². The molecule has 1 saturated heterocycles. The van der Waals surface area contributed by atoms with E-state index in [-0.39, 0.29) is 0 Å². The predicted octanol–water partition coefficient (Wildman–Crippen LogP) is 2.28. The third kappa shape index (κ3) is 3.85. The highest BCUT2D eigenvalue weighted by Crippen LogP contribution is 2.23. The van der Waals surface area contributed by atoms with Crippen LogP contribution in [0.5, 0.6) is 5.75 Å². The summed E-state index contributed by atoms with van der Waals surface area (Å²) in [6.45, 7) is 5.86. The average molecular weight is 264 g/mol. The molecule has 1 aliphatic rings. The number of methoxy groups -OCH3 is 1. The van der Waals surface area contributed by atoms with Crippen LogP contribution >= 0.6 is 0 Å². The summed E-state index contributed by atoms with van der Waals surface area (Å²) in [6, 6.07) is 5.91. The van der Waals surface area contributed by atoms with Gasteiger partial charge in [-0.3, -0.25) is 4.90 Å². The van der Waals surface area contributed by atoms with E-state index in [2.05, 4.69) is 17.9 Å². The highest BCUT2D eigenvalue weighted by Gasteiger charge is 2.20. The van der Waals surface area contributed by atoms with E-state index < -0.39 is 0 Å². The fourth-order valence-electron chi connectivity index (χ4n) is 2.61. The summed E-state index contributed by atoms with van der Waals surface area (Å²) in [5.74, 6) is 0.812. The second-order valence-corrected chi connectivity index (χ2v) is 5.02. The molecule has 2 rings (SSSR count). The summed E-state index contributed by atoms with van der Waals surface area (Å²) in [6.07, 6.45) is 2.74. The molecule has 1 heterocycles. The largest absolute Gasteiger partial charge is 0.497 e. The lowest BCUT2D eigenvalue weighted by Crippen LogP contribution is -2.39. The first-order chi connectivity index (χ1) is 9.22. The maximum absolute atomic E-state index is 6.07. The molecule has 4 nitrogen and oxygen atoms in total. The molecule has 0 radical (unpaired) electrons. The molecule has 19 heavy (non-hydrogen) atoms. The number of anilines is 1. The molecule has 0 saturated carbocycles. The van der Waals surface area contributed by atoms with Crippen molar-refractivity contribution in [1.82, 2.24) is 4.90 Å². The van der Waals surface area contributed by atoms with Gasteiger partial charge in [0.15, 0.2) is 0 Å². The first kappa shape index (κ1) is 14.2. The molecule has 0 spiro atoms. The van der Waals surface area contributed by atoms with Crippen molar-refractivity contribution in [2.75, 3.05) is 32.5 Å². The SMILES string of the molecule is CCOC1CCCN(Cc2ccc(OC)cc2N)C1. The van der Waals surface area contributed by atoms with Crippen LogP contribution in [-0.4, -0.2) is 37.8 Å². The van der Waals surface area contributed by atoms with Gasteiger partial charge in [0.1, 0.15) is 5.75 Å². The van der Waals surface area contributed by atoms with E-state index in [1.54, 1.807) is 7.11 Å². The Hall–Kier alpha value is -1.26. The Morgan fingerprint density at radius 1 is 1.42 bits per heavy atom. The standard InChI is InChI=1S/C15H24N2O2/c1-3-19-14-5-4-8-17(11-14)10-12-6-7-13(18-2)9-15(12)16/h6-7,9,14H,3-5,8,10-11,16H2,1-2H3. The number of nitrogen functional groups attached to an aromatic ring is 1. The van der Waals surface area contributed by atoms with Gasteiger partial charge in [-0.2, -0.15) is 0 Å². The number of piperidine rings is 1. The van der Waals surface area contributed by atoms with E-state index in [9.17, 15) is 0 Å². The molecule has 1 unspecified atom stereocenters.